The maximum absolute atomic E-state index is 11.6. The number of fused-ring (bicyclic) bond motifs is 1. The molecule has 2 heterocycles. The highest BCUT2D eigenvalue weighted by Crippen LogP contribution is 2.26. The van der Waals surface area contributed by atoms with Crippen LogP contribution >= 0.6 is 11.3 Å². The van der Waals surface area contributed by atoms with Crippen LogP contribution in [0.1, 0.15) is 4.88 Å². The van der Waals surface area contributed by atoms with Crippen LogP contribution in [0, 0.1) is 6.92 Å². The Morgan fingerprint density at radius 2 is 2.31 bits per heavy atom. The molecule has 6 nitrogen and oxygen atoms in total. The maximum Gasteiger partial charge on any atom is 0.351 e. The molecule has 84 valence electrons. The number of rotatable bonds is 2. The van der Waals surface area contributed by atoms with E-state index in [1.54, 1.807) is 0 Å². The van der Waals surface area contributed by atoms with Gasteiger partial charge in [0.25, 0.3) is 0 Å². The van der Waals surface area contributed by atoms with Crippen molar-refractivity contribution in [1.82, 2.24) is 9.55 Å². The highest BCUT2D eigenvalue weighted by molar-refractivity contribution is 7.18. The third-order valence-corrected chi connectivity index (χ3v) is 3.19. The molecule has 0 aliphatic heterocycles. The lowest BCUT2D eigenvalue weighted by Crippen LogP contribution is -2.30. The van der Waals surface area contributed by atoms with Crippen molar-refractivity contribution in [1.29, 1.82) is 0 Å². The first-order valence-corrected chi connectivity index (χ1v) is 5.35. The lowest BCUT2D eigenvalue weighted by atomic mass is 10.3. The molecular weight excluding hydrogens is 228 g/mol. The Bertz CT molecular complexity index is 628. The van der Waals surface area contributed by atoms with Gasteiger partial charge in [0.05, 0.1) is 5.39 Å². The molecule has 0 fully saturated rings. The molecule has 0 atom stereocenters. The second-order valence-corrected chi connectivity index (χ2v) is 4.64. The number of carbonyl (C=O) groups is 1. The van der Waals surface area contributed by atoms with Crippen molar-refractivity contribution >= 4 is 33.3 Å². The number of nitrogens with two attached hydrogens (primary N) is 2. The van der Waals surface area contributed by atoms with Crippen LogP contribution in [0.4, 0.5) is 5.82 Å². The number of amides is 1. The van der Waals surface area contributed by atoms with Gasteiger partial charge in [0.1, 0.15) is 17.2 Å². The van der Waals surface area contributed by atoms with Crippen molar-refractivity contribution in [3.05, 3.63) is 21.4 Å². The first kappa shape index (κ1) is 10.6. The summed E-state index contributed by atoms with van der Waals surface area (Å²) in [6.45, 7) is 1.71. The van der Waals surface area contributed by atoms with Crippen LogP contribution in [0.5, 0.6) is 0 Å². The second kappa shape index (κ2) is 3.60. The van der Waals surface area contributed by atoms with Gasteiger partial charge in [-0.25, -0.2) is 4.79 Å². The van der Waals surface area contributed by atoms with E-state index in [2.05, 4.69) is 4.98 Å². The van der Waals surface area contributed by atoms with Gasteiger partial charge in [0.15, 0.2) is 0 Å². The summed E-state index contributed by atoms with van der Waals surface area (Å²) in [6, 6.07) is 1.83. The number of nitrogens with zero attached hydrogens (tertiary/aromatic N) is 2. The zero-order valence-corrected chi connectivity index (χ0v) is 9.37. The molecule has 0 spiro atoms. The zero-order chi connectivity index (χ0) is 11.9. The molecule has 0 aliphatic rings. The van der Waals surface area contributed by atoms with E-state index in [-0.39, 0.29) is 12.4 Å². The number of thiophene rings is 1. The van der Waals surface area contributed by atoms with Crippen LogP contribution < -0.4 is 17.2 Å². The highest BCUT2D eigenvalue weighted by atomic mass is 32.1. The van der Waals surface area contributed by atoms with Gasteiger partial charge < -0.3 is 11.5 Å². The van der Waals surface area contributed by atoms with Gasteiger partial charge in [-0.2, -0.15) is 4.98 Å². The summed E-state index contributed by atoms with van der Waals surface area (Å²) < 4.78 is 1.24. The third kappa shape index (κ3) is 1.65. The minimum Gasteiger partial charge on any atom is -0.383 e. The SMILES string of the molecule is Cc1cc2c(N)nc(=O)n(CC(N)=O)c2s1. The van der Waals surface area contributed by atoms with Crippen LogP contribution in [-0.4, -0.2) is 15.5 Å². The Hall–Kier alpha value is -1.89. The molecule has 2 aromatic heterocycles. The number of nitrogen functional groups attached to an aromatic ring is 1. The lowest BCUT2D eigenvalue weighted by molar-refractivity contribution is -0.118. The smallest absolute Gasteiger partial charge is 0.351 e. The van der Waals surface area contributed by atoms with Crippen molar-refractivity contribution in [2.45, 2.75) is 13.5 Å². The van der Waals surface area contributed by atoms with Gasteiger partial charge in [0.2, 0.25) is 5.91 Å². The fraction of sp³-hybridized carbons (Fsp3) is 0.222. The highest BCUT2D eigenvalue weighted by Gasteiger charge is 2.12. The molecule has 0 unspecified atom stereocenters. The molecule has 4 N–H and O–H groups in total. The first-order valence-electron chi connectivity index (χ1n) is 4.54. The van der Waals surface area contributed by atoms with E-state index < -0.39 is 11.6 Å². The summed E-state index contributed by atoms with van der Waals surface area (Å²) in [5.41, 5.74) is 10.2. The summed E-state index contributed by atoms with van der Waals surface area (Å²) >= 11 is 1.38. The van der Waals surface area contributed by atoms with E-state index in [1.165, 1.54) is 15.9 Å². The molecule has 0 aliphatic carbocycles. The van der Waals surface area contributed by atoms with E-state index in [4.69, 9.17) is 11.5 Å². The number of anilines is 1. The van der Waals surface area contributed by atoms with Gasteiger partial charge in [-0.15, -0.1) is 11.3 Å². The standard InChI is InChI=1S/C9H10N4O2S/c1-4-2-5-7(11)12-9(15)13(3-6(10)14)8(5)16-4/h2H,3H2,1H3,(H2,10,14)(H2,11,12,15). The topological polar surface area (TPSA) is 104 Å². The zero-order valence-electron chi connectivity index (χ0n) is 8.56. The molecule has 16 heavy (non-hydrogen) atoms. The van der Waals surface area contributed by atoms with Gasteiger partial charge in [0, 0.05) is 4.88 Å². The van der Waals surface area contributed by atoms with Gasteiger partial charge in [-0.1, -0.05) is 0 Å². The summed E-state index contributed by atoms with van der Waals surface area (Å²) in [5.74, 6) is -0.397. The summed E-state index contributed by atoms with van der Waals surface area (Å²) in [6.07, 6.45) is 0. The Kier molecular flexibility index (Phi) is 2.39. The Balaban J connectivity index is 2.80. The monoisotopic (exact) mass is 238 g/mol. The van der Waals surface area contributed by atoms with Crippen LogP contribution in [0.15, 0.2) is 10.9 Å². The molecule has 0 saturated carbocycles. The second-order valence-electron chi connectivity index (χ2n) is 3.41. The minimum atomic E-state index is -0.582. The number of aromatic nitrogens is 2. The molecule has 0 radical (unpaired) electrons. The minimum absolute atomic E-state index is 0.178. The number of hydrogen-bond donors (Lipinski definition) is 2. The fourth-order valence-electron chi connectivity index (χ4n) is 1.49. The fourth-order valence-corrected chi connectivity index (χ4v) is 2.50. The molecule has 2 aromatic rings. The van der Waals surface area contributed by atoms with Crippen molar-refractivity contribution in [2.75, 3.05) is 5.73 Å². The van der Waals surface area contributed by atoms with Gasteiger partial charge >= 0.3 is 5.69 Å². The number of carbonyl (C=O) groups excluding carboxylic acids is 1. The quantitative estimate of drug-likeness (QED) is 0.758. The van der Waals surface area contributed by atoms with E-state index >= 15 is 0 Å². The Morgan fingerprint density at radius 1 is 1.62 bits per heavy atom. The molecular formula is C9H10N4O2S. The van der Waals surface area contributed by atoms with Crippen LogP contribution in [0.25, 0.3) is 10.2 Å². The summed E-state index contributed by atoms with van der Waals surface area (Å²) in [7, 11) is 0. The largest absolute Gasteiger partial charge is 0.383 e. The number of hydrogen-bond acceptors (Lipinski definition) is 5. The van der Waals surface area contributed by atoms with E-state index in [0.29, 0.717) is 10.2 Å². The maximum atomic E-state index is 11.6. The molecule has 0 aromatic carbocycles. The van der Waals surface area contributed by atoms with E-state index in [0.717, 1.165) is 4.88 Å². The van der Waals surface area contributed by atoms with Crippen LogP contribution in [0.2, 0.25) is 0 Å². The molecule has 7 heteroatoms. The van der Waals surface area contributed by atoms with Gasteiger partial charge in [-0.05, 0) is 13.0 Å². The summed E-state index contributed by atoms with van der Waals surface area (Å²) in [4.78, 5) is 27.7. The molecule has 1 amide bonds. The van der Waals surface area contributed by atoms with E-state index in [1.807, 2.05) is 13.0 Å². The Labute approximate surface area is 94.5 Å². The van der Waals surface area contributed by atoms with E-state index in [9.17, 15) is 9.59 Å². The lowest BCUT2D eigenvalue weighted by Gasteiger charge is -2.04. The van der Waals surface area contributed by atoms with Gasteiger partial charge in [-0.3, -0.25) is 9.36 Å². The van der Waals surface area contributed by atoms with Crippen molar-refractivity contribution in [3.8, 4) is 0 Å². The average molecular weight is 238 g/mol. The predicted molar refractivity (Wildman–Crippen MR) is 62.2 cm³/mol. The number of aryl methyl sites for hydroxylation is 1. The molecule has 0 saturated heterocycles. The normalized spacial score (nSPS) is 10.8. The average Bonchev–Trinajstić information content (AvgIpc) is 2.54. The van der Waals surface area contributed by atoms with Crippen LogP contribution in [-0.2, 0) is 11.3 Å². The first-order chi connectivity index (χ1) is 7.49. The summed E-state index contributed by atoms with van der Waals surface area (Å²) in [5, 5.41) is 0.684. The van der Waals surface area contributed by atoms with Crippen molar-refractivity contribution in [3.63, 3.8) is 0 Å². The number of primary amides is 1. The third-order valence-electron chi connectivity index (χ3n) is 2.12. The molecule has 0 bridgehead atoms. The van der Waals surface area contributed by atoms with Crippen LogP contribution in [0.3, 0.4) is 0 Å². The van der Waals surface area contributed by atoms with Crippen molar-refractivity contribution < 1.29 is 4.79 Å². The molecule has 2 rings (SSSR count). The Morgan fingerprint density at radius 3 is 2.94 bits per heavy atom. The predicted octanol–water partition coefficient (Wildman–Crippen LogP) is -0.166. The van der Waals surface area contributed by atoms with Crippen molar-refractivity contribution in [2.24, 2.45) is 5.73 Å².